The first-order chi connectivity index (χ1) is 9.97. The van der Waals surface area contributed by atoms with Crippen molar-refractivity contribution in [2.24, 2.45) is 0 Å². The lowest BCUT2D eigenvalue weighted by Crippen LogP contribution is -2.01. The minimum Gasteiger partial charge on any atom is -0.489 e. The SMILES string of the molecule is C[C@@H](O)c1ccc(OCc2ccc(Br)cc2[N+](=O)[O-])cc1. The monoisotopic (exact) mass is 351 g/mol. The van der Waals surface area contributed by atoms with Gasteiger partial charge in [-0.3, -0.25) is 10.1 Å². The molecule has 0 aromatic heterocycles. The number of benzene rings is 2. The normalized spacial score (nSPS) is 12.0. The Morgan fingerprint density at radius 3 is 2.52 bits per heavy atom. The van der Waals surface area contributed by atoms with Gasteiger partial charge in [0.2, 0.25) is 0 Å². The highest BCUT2D eigenvalue weighted by Crippen LogP contribution is 2.25. The molecule has 0 heterocycles. The summed E-state index contributed by atoms with van der Waals surface area (Å²) < 4.78 is 6.21. The minimum absolute atomic E-state index is 0.0185. The summed E-state index contributed by atoms with van der Waals surface area (Å²) in [5.74, 6) is 0.594. The molecule has 110 valence electrons. The Hall–Kier alpha value is -1.92. The molecule has 0 aliphatic rings. The predicted octanol–water partition coefficient (Wildman–Crippen LogP) is 3.99. The minimum atomic E-state index is -0.536. The van der Waals surface area contributed by atoms with Crippen molar-refractivity contribution in [1.82, 2.24) is 0 Å². The van der Waals surface area contributed by atoms with E-state index in [9.17, 15) is 15.2 Å². The maximum absolute atomic E-state index is 11.0. The van der Waals surface area contributed by atoms with Crippen LogP contribution < -0.4 is 4.74 Å². The number of hydrogen-bond acceptors (Lipinski definition) is 4. The molecule has 0 saturated heterocycles. The molecule has 6 heteroatoms. The summed E-state index contributed by atoms with van der Waals surface area (Å²) >= 11 is 3.21. The summed E-state index contributed by atoms with van der Waals surface area (Å²) in [7, 11) is 0. The van der Waals surface area contributed by atoms with Crippen LogP contribution in [0.2, 0.25) is 0 Å². The quantitative estimate of drug-likeness (QED) is 0.652. The van der Waals surface area contributed by atoms with Gasteiger partial charge in [0.25, 0.3) is 5.69 Å². The van der Waals surface area contributed by atoms with E-state index in [1.165, 1.54) is 6.07 Å². The number of ether oxygens (including phenoxy) is 1. The van der Waals surface area contributed by atoms with Crippen molar-refractivity contribution < 1.29 is 14.8 Å². The largest absolute Gasteiger partial charge is 0.489 e. The van der Waals surface area contributed by atoms with Crippen LogP contribution >= 0.6 is 15.9 Å². The molecule has 0 fully saturated rings. The molecule has 1 N–H and O–H groups in total. The van der Waals surface area contributed by atoms with E-state index in [4.69, 9.17) is 4.74 Å². The van der Waals surface area contributed by atoms with Crippen LogP contribution in [0.1, 0.15) is 24.2 Å². The zero-order valence-electron chi connectivity index (χ0n) is 11.3. The van der Waals surface area contributed by atoms with Gasteiger partial charge in [-0.25, -0.2) is 0 Å². The van der Waals surface area contributed by atoms with Gasteiger partial charge in [0.05, 0.1) is 16.6 Å². The van der Waals surface area contributed by atoms with E-state index < -0.39 is 11.0 Å². The van der Waals surface area contributed by atoms with E-state index in [1.807, 2.05) is 0 Å². The number of nitro groups is 1. The van der Waals surface area contributed by atoms with Crippen LogP contribution in [0.5, 0.6) is 5.75 Å². The second kappa shape index (κ2) is 6.69. The van der Waals surface area contributed by atoms with Gasteiger partial charge in [-0.15, -0.1) is 0 Å². The average molecular weight is 352 g/mol. The number of nitrogens with zero attached hydrogens (tertiary/aromatic N) is 1. The number of halogens is 1. The average Bonchev–Trinajstić information content (AvgIpc) is 2.46. The third kappa shape index (κ3) is 4.03. The van der Waals surface area contributed by atoms with Gasteiger partial charge in [-0.2, -0.15) is 0 Å². The van der Waals surface area contributed by atoms with Crippen molar-refractivity contribution in [3.8, 4) is 5.75 Å². The summed E-state index contributed by atoms with van der Waals surface area (Å²) in [6.45, 7) is 1.79. The third-order valence-corrected chi connectivity index (χ3v) is 3.49. The van der Waals surface area contributed by atoms with E-state index in [-0.39, 0.29) is 12.3 Å². The van der Waals surface area contributed by atoms with Gasteiger partial charge in [0.1, 0.15) is 12.4 Å². The van der Waals surface area contributed by atoms with Crippen LogP contribution in [0.3, 0.4) is 0 Å². The predicted molar refractivity (Wildman–Crippen MR) is 82.2 cm³/mol. The van der Waals surface area contributed by atoms with Gasteiger partial charge in [0.15, 0.2) is 0 Å². The Kier molecular flexibility index (Phi) is 4.93. The molecule has 2 rings (SSSR count). The summed E-state index contributed by atoms with van der Waals surface area (Å²) in [5.41, 5.74) is 1.31. The second-order valence-corrected chi connectivity index (χ2v) is 5.48. The molecule has 2 aromatic carbocycles. The van der Waals surface area contributed by atoms with E-state index in [1.54, 1.807) is 43.3 Å². The molecule has 5 nitrogen and oxygen atoms in total. The molecule has 2 aromatic rings. The van der Waals surface area contributed by atoms with Gasteiger partial charge in [0, 0.05) is 10.5 Å². The highest BCUT2D eigenvalue weighted by molar-refractivity contribution is 9.10. The Morgan fingerprint density at radius 1 is 1.29 bits per heavy atom. The first-order valence-corrected chi connectivity index (χ1v) is 7.10. The molecule has 0 aliphatic carbocycles. The van der Waals surface area contributed by atoms with Crippen LogP contribution in [-0.2, 0) is 6.61 Å². The van der Waals surface area contributed by atoms with E-state index in [2.05, 4.69) is 15.9 Å². The number of nitro benzene ring substituents is 1. The molecular formula is C15H14BrNO4. The van der Waals surface area contributed by atoms with Crippen LogP contribution in [-0.4, -0.2) is 10.0 Å². The van der Waals surface area contributed by atoms with Crippen LogP contribution in [0.15, 0.2) is 46.9 Å². The number of rotatable bonds is 5. The summed E-state index contributed by atoms with van der Waals surface area (Å²) in [6, 6.07) is 11.8. The van der Waals surface area contributed by atoms with Crippen LogP contribution in [0.4, 0.5) is 5.69 Å². The lowest BCUT2D eigenvalue weighted by molar-refractivity contribution is -0.385. The molecule has 0 bridgehead atoms. The van der Waals surface area contributed by atoms with Crippen molar-refractivity contribution in [2.75, 3.05) is 0 Å². The van der Waals surface area contributed by atoms with E-state index in [0.29, 0.717) is 15.8 Å². The third-order valence-electron chi connectivity index (χ3n) is 3.00. The number of aliphatic hydroxyl groups excluding tert-OH is 1. The lowest BCUT2D eigenvalue weighted by atomic mass is 10.1. The summed E-state index contributed by atoms with van der Waals surface area (Å²) in [5, 5.41) is 20.4. The van der Waals surface area contributed by atoms with E-state index in [0.717, 1.165) is 5.56 Å². The zero-order chi connectivity index (χ0) is 15.4. The maximum Gasteiger partial charge on any atom is 0.277 e. The topological polar surface area (TPSA) is 72.6 Å². The number of aliphatic hydroxyl groups is 1. The van der Waals surface area contributed by atoms with Crippen molar-refractivity contribution in [2.45, 2.75) is 19.6 Å². The number of hydrogen-bond donors (Lipinski definition) is 1. The zero-order valence-corrected chi connectivity index (χ0v) is 12.9. The Labute approximate surface area is 130 Å². The Morgan fingerprint density at radius 2 is 1.95 bits per heavy atom. The fourth-order valence-electron chi connectivity index (χ4n) is 1.83. The highest BCUT2D eigenvalue weighted by Gasteiger charge is 2.14. The molecule has 1 atom stereocenters. The maximum atomic E-state index is 11.0. The van der Waals surface area contributed by atoms with Crippen molar-refractivity contribution in [3.63, 3.8) is 0 Å². The first-order valence-electron chi connectivity index (χ1n) is 6.31. The molecule has 0 saturated carbocycles. The van der Waals surface area contributed by atoms with Gasteiger partial charge >= 0.3 is 0 Å². The molecule has 0 amide bonds. The van der Waals surface area contributed by atoms with Crippen molar-refractivity contribution in [1.29, 1.82) is 0 Å². The Balaban J connectivity index is 2.11. The molecule has 21 heavy (non-hydrogen) atoms. The van der Waals surface area contributed by atoms with Gasteiger partial charge in [-0.1, -0.05) is 28.1 Å². The molecule has 0 spiro atoms. The fraction of sp³-hybridized carbons (Fsp3) is 0.200. The standard InChI is InChI=1S/C15H14BrNO4/c1-10(18)11-3-6-14(7-4-11)21-9-12-2-5-13(16)8-15(12)17(19)20/h2-8,10,18H,9H2,1H3/t10-/m1/s1. The van der Waals surface area contributed by atoms with Crippen molar-refractivity contribution in [3.05, 3.63) is 68.2 Å². The smallest absolute Gasteiger partial charge is 0.277 e. The molecule has 0 aliphatic heterocycles. The molecule has 0 radical (unpaired) electrons. The lowest BCUT2D eigenvalue weighted by Gasteiger charge is -2.09. The van der Waals surface area contributed by atoms with Gasteiger partial charge < -0.3 is 9.84 Å². The van der Waals surface area contributed by atoms with Crippen LogP contribution in [0.25, 0.3) is 0 Å². The fourth-order valence-corrected chi connectivity index (χ4v) is 2.18. The second-order valence-electron chi connectivity index (χ2n) is 4.56. The summed E-state index contributed by atoms with van der Waals surface area (Å²) in [6.07, 6.45) is -0.536. The highest BCUT2D eigenvalue weighted by atomic mass is 79.9. The molecule has 0 unspecified atom stereocenters. The van der Waals surface area contributed by atoms with E-state index >= 15 is 0 Å². The Bertz CT molecular complexity index is 641. The van der Waals surface area contributed by atoms with Crippen LogP contribution in [0, 0.1) is 10.1 Å². The first kappa shape index (κ1) is 15.5. The summed E-state index contributed by atoms with van der Waals surface area (Å²) in [4.78, 5) is 10.6. The van der Waals surface area contributed by atoms with Crippen molar-refractivity contribution >= 4 is 21.6 Å². The molecular weight excluding hydrogens is 338 g/mol. The van der Waals surface area contributed by atoms with Gasteiger partial charge in [-0.05, 0) is 36.8 Å².